The molecule has 5 saturated carbocycles. The van der Waals surface area contributed by atoms with Gasteiger partial charge in [0.2, 0.25) is 5.91 Å². The Balaban J connectivity index is 1.44. The summed E-state index contributed by atoms with van der Waals surface area (Å²) < 4.78 is 6.00. The number of benzene rings is 1. The first-order chi connectivity index (χ1) is 13.5. The lowest BCUT2D eigenvalue weighted by Crippen LogP contribution is -2.52. The number of amides is 1. The number of hydrogen-bond acceptors (Lipinski definition) is 3. The van der Waals surface area contributed by atoms with E-state index in [4.69, 9.17) is 10.5 Å². The standard InChI is InChI=1S/C24H34N2O2/c1-2-28-16-22-12-18-13-24(22,21(27)26-20-10-8-19(25)9-11-20)15-23(18,14-22)17-6-4-3-5-7-17/h3-7,18-20H,2,8-16,25H2,1H3,(H,26,27)/t18?,19?,20?,22-,23+,24?/m1/s1. The second-order valence-corrected chi connectivity index (χ2v) is 10.1. The van der Waals surface area contributed by atoms with Crippen LogP contribution in [-0.2, 0) is 14.9 Å². The van der Waals surface area contributed by atoms with Gasteiger partial charge in [0.15, 0.2) is 0 Å². The Morgan fingerprint density at radius 3 is 2.61 bits per heavy atom. The average Bonchev–Trinajstić information content (AvgIpc) is 3.39. The Morgan fingerprint density at radius 2 is 1.89 bits per heavy atom. The molecule has 5 fully saturated rings. The lowest BCUT2D eigenvalue weighted by atomic mass is 9.67. The van der Waals surface area contributed by atoms with E-state index in [0.717, 1.165) is 64.6 Å². The summed E-state index contributed by atoms with van der Waals surface area (Å²) in [5.41, 5.74) is 7.44. The van der Waals surface area contributed by atoms with E-state index in [-0.39, 0.29) is 16.2 Å². The molecule has 4 heteroatoms. The van der Waals surface area contributed by atoms with Crippen LogP contribution in [0.4, 0.5) is 0 Å². The fourth-order valence-electron chi connectivity index (χ4n) is 7.52. The summed E-state index contributed by atoms with van der Waals surface area (Å²) in [4.78, 5) is 13.8. The maximum Gasteiger partial charge on any atom is 0.227 e. The zero-order valence-electron chi connectivity index (χ0n) is 17.1. The third-order valence-electron chi connectivity index (χ3n) is 8.77. The molecule has 6 rings (SSSR count). The third kappa shape index (κ3) is 2.46. The van der Waals surface area contributed by atoms with Crippen molar-refractivity contribution in [2.75, 3.05) is 13.2 Å². The molecule has 0 spiro atoms. The van der Waals surface area contributed by atoms with E-state index in [1.54, 1.807) is 0 Å². The number of carbonyl (C=O) groups is 1. The van der Waals surface area contributed by atoms with Crippen molar-refractivity contribution in [3.05, 3.63) is 35.9 Å². The van der Waals surface area contributed by atoms with Crippen molar-refractivity contribution in [1.29, 1.82) is 0 Å². The summed E-state index contributed by atoms with van der Waals surface area (Å²) >= 11 is 0. The van der Waals surface area contributed by atoms with Gasteiger partial charge in [0.25, 0.3) is 0 Å². The highest BCUT2D eigenvalue weighted by Gasteiger charge is 2.80. The Kier molecular flexibility index (Phi) is 4.37. The minimum atomic E-state index is -0.248. The van der Waals surface area contributed by atoms with Gasteiger partial charge in [0.1, 0.15) is 0 Å². The van der Waals surface area contributed by atoms with E-state index < -0.39 is 0 Å². The largest absolute Gasteiger partial charge is 0.381 e. The van der Waals surface area contributed by atoms with Crippen molar-refractivity contribution in [3.63, 3.8) is 0 Å². The first-order valence-electron chi connectivity index (χ1n) is 11.2. The fourth-order valence-corrected chi connectivity index (χ4v) is 7.52. The number of nitrogens with two attached hydrogens (primary N) is 1. The quantitative estimate of drug-likeness (QED) is 0.791. The molecule has 5 aliphatic rings. The molecule has 0 saturated heterocycles. The van der Waals surface area contributed by atoms with E-state index in [2.05, 4.69) is 42.6 Å². The first-order valence-corrected chi connectivity index (χ1v) is 11.2. The predicted octanol–water partition coefficient (Wildman–Crippen LogP) is 3.54. The monoisotopic (exact) mass is 382 g/mol. The zero-order chi connectivity index (χ0) is 19.4. The van der Waals surface area contributed by atoms with E-state index >= 15 is 0 Å². The van der Waals surface area contributed by atoms with Crippen LogP contribution < -0.4 is 11.1 Å². The van der Waals surface area contributed by atoms with E-state index in [9.17, 15) is 4.79 Å². The predicted molar refractivity (Wildman–Crippen MR) is 110 cm³/mol. The summed E-state index contributed by atoms with van der Waals surface area (Å²) in [6.45, 7) is 3.52. The summed E-state index contributed by atoms with van der Waals surface area (Å²) in [6.07, 6.45) is 8.38. The molecule has 28 heavy (non-hydrogen) atoms. The molecule has 2 unspecified atom stereocenters. The molecule has 5 aliphatic carbocycles. The van der Waals surface area contributed by atoms with Gasteiger partial charge >= 0.3 is 0 Å². The molecule has 152 valence electrons. The van der Waals surface area contributed by atoms with Crippen LogP contribution in [0.5, 0.6) is 0 Å². The fraction of sp³-hybridized carbons (Fsp3) is 0.708. The molecule has 4 nitrogen and oxygen atoms in total. The van der Waals surface area contributed by atoms with Crippen molar-refractivity contribution in [2.45, 2.75) is 75.8 Å². The Labute approximate surface area is 168 Å². The number of nitrogens with one attached hydrogen (secondary N) is 1. The molecule has 0 aromatic heterocycles. The van der Waals surface area contributed by atoms with E-state index in [1.807, 2.05) is 0 Å². The van der Waals surface area contributed by atoms with Crippen LogP contribution in [0.25, 0.3) is 0 Å². The second kappa shape index (κ2) is 6.56. The van der Waals surface area contributed by atoms with Gasteiger partial charge in [0, 0.05) is 24.1 Å². The lowest BCUT2D eigenvalue weighted by Gasteiger charge is -2.40. The highest BCUT2D eigenvalue weighted by Crippen LogP contribution is 2.81. The average molecular weight is 383 g/mol. The molecule has 4 bridgehead atoms. The number of rotatable bonds is 6. The smallest absolute Gasteiger partial charge is 0.227 e. The van der Waals surface area contributed by atoms with Crippen LogP contribution in [-0.4, -0.2) is 31.2 Å². The minimum absolute atomic E-state index is 0.0126. The van der Waals surface area contributed by atoms with Crippen molar-refractivity contribution >= 4 is 5.91 Å². The Morgan fingerprint density at radius 1 is 1.14 bits per heavy atom. The maximum absolute atomic E-state index is 13.8. The van der Waals surface area contributed by atoms with E-state index in [0.29, 0.717) is 23.9 Å². The Hall–Kier alpha value is -1.39. The van der Waals surface area contributed by atoms with Gasteiger partial charge in [-0.3, -0.25) is 4.79 Å². The van der Waals surface area contributed by atoms with Crippen LogP contribution in [0.3, 0.4) is 0 Å². The molecule has 4 atom stereocenters. The topological polar surface area (TPSA) is 64.3 Å². The van der Waals surface area contributed by atoms with Gasteiger partial charge in [-0.1, -0.05) is 30.3 Å². The minimum Gasteiger partial charge on any atom is -0.381 e. The van der Waals surface area contributed by atoms with Crippen molar-refractivity contribution in [2.24, 2.45) is 22.5 Å². The molecule has 0 aliphatic heterocycles. The van der Waals surface area contributed by atoms with Gasteiger partial charge in [-0.15, -0.1) is 0 Å². The van der Waals surface area contributed by atoms with Crippen LogP contribution in [0.15, 0.2) is 30.3 Å². The molecule has 0 radical (unpaired) electrons. The van der Waals surface area contributed by atoms with Crippen molar-refractivity contribution < 1.29 is 9.53 Å². The SMILES string of the molecule is CCOC[C@]12CC3CC1(C(=O)NC1CCC(N)CC1)C[C@]3(c1ccccc1)C2. The summed E-state index contributed by atoms with van der Waals surface area (Å²) in [7, 11) is 0. The van der Waals surface area contributed by atoms with Crippen LogP contribution in [0.1, 0.15) is 63.9 Å². The van der Waals surface area contributed by atoms with Gasteiger partial charge in [0.05, 0.1) is 12.0 Å². The highest BCUT2D eigenvalue weighted by molar-refractivity contribution is 5.86. The number of ether oxygens (including phenoxy) is 1. The molecule has 3 N–H and O–H groups in total. The summed E-state index contributed by atoms with van der Waals surface area (Å²) in [5.74, 6) is 0.923. The number of hydrogen-bond donors (Lipinski definition) is 2. The molecule has 0 heterocycles. The second-order valence-electron chi connectivity index (χ2n) is 10.1. The maximum atomic E-state index is 13.8. The van der Waals surface area contributed by atoms with Crippen molar-refractivity contribution in [1.82, 2.24) is 5.32 Å². The molecule has 1 amide bonds. The normalized spacial score (nSPS) is 43.6. The molecule has 1 aromatic carbocycles. The Bertz CT molecular complexity index is 744. The van der Waals surface area contributed by atoms with Gasteiger partial charge in [-0.05, 0) is 75.2 Å². The summed E-state index contributed by atoms with van der Waals surface area (Å²) in [5, 5.41) is 3.48. The van der Waals surface area contributed by atoms with Gasteiger partial charge in [-0.2, -0.15) is 0 Å². The molecular weight excluding hydrogens is 348 g/mol. The molecular formula is C24H34N2O2. The first kappa shape index (κ1) is 18.6. The number of carbonyl (C=O) groups excluding carboxylic acids is 1. The molecule has 1 aromatic rings. The van der Waals surface area contributed by atoms with Crippen LogP contribution >= 0.6 is 0 Å². The van der Waals surface area contributed by atoms with Gasteiger partial charge < -0.3 is 15.8 Å². The van der Waals surface area contributed by atoms with Crippen LogP contribution in [0, 0.1) is 16.7 Å². The van der Waals surface area contributed by atoms with Crippen molar-refractivity contribution in [3.8, 4) is 0 Å². The van der Waals surface area contributed by atoms with Crippen LogP contribution in [0.2, 0.25) is 0 Å². The zero-order valence-corrected chi connectivity index (χ0v) is 17.1. The summed E-state index contributed by atoms with van der Waals surface area (Å²) in [6, 6.07) is 11.6. The van der Waals surface area contributed by atoms with E-state index in [1.165, 1.54) is 5.56 Å². The highest BCUT2D eigenvalue weighted by atomic mass is 16.5. The third-order valence-corrected chi connectivity index (χ3v) is 8.77. The van der Waals surface area contributed by atoms with Gasteiger partial charge in [-0.25, -0.2) is 0 Å². The lowest BCUT2D eigenvalue weighted by molar-refractivity contribution is -0.139.